The summed E-state index contributed by atoms with van der Waals surface area (Å²) in [4.78, 5) is 0. The topological polar surface area (TPSA) is 49.4 Å². The number of aryl methyl sites for hydroxylation is 1. The summed E-state index contributed by atoms with van der Waals surface area (Å²) in [6, 6.07) is 2.96. The molecule has 1 aromatic rings. The average molecular weight is 308 g/mol. The van der Waals surface area contributed by atoms with Crippen LogP contribution in [0.5, 0.6) is 0 Å². The van der Waals surface area contributed by atoms with E-state index in [-0.39, 0.29) is 5.56 Å². The van der Waals surface area contributed by atoms with Crippen molar-refractivity contribution in [2.24, 2.45) is 20.5 Å². The predicted octanol–water partition coefficient (Wildman–Crippen LogP) is 4.36. The Hall–Kier alpha value is -2.00. The quantitative estimate of drug-likeness (QED) is 0.729. The van der Waals surface area contributed by atoms with E-state index in [2.05, 4.69) is 20.5 Å². The van der Waals surface area contributed by atoms with Gasteiger partial charge in [0.1, 0.15) is 0 Å². The van der Waals surface area contributed by atoms with Gasteiger partial charge in [-0.05, 0) is 13.0 Å². The first-order valence-corrected chi connectivity index (χ1v) is 5.66. The van der Waals surface area contributed by atoms with E-state index in [0.717, 1.165) is 18.2 Å². The molecule has 112 valence electrons. The second-order valence-electron chi connectivity index (χ2n) is 4.83. The van der Waals surface area contributed by atoms with Crippen LogP contribution in [0.3, 0.4) is 0 Å². The predicted molar refractivity (Wildman–Crippen MR) is 56.4 cm³/mol. The Morgan fingerprint density at radius 3 is 1.29 bits per heavy atom. The maximum atomic E-state index is 12.9. The molecule has 0 atom stereocenters. The summed E-state index contributed by atoms with van der Waals surface area (Å²) >= 11 is 0. The lowest BCUT2D eigenvalue weighted by Gasteiger charge is -2.19. The molecule has 2 heterocycles. The Labute approximate surface area is 113 Å². The van der Waals surface area contributed by atoms with Gasteiger partial charge in [-0.2, -0.15) is 26.3 Å². The van der Waals surface area contributed by atoms with Gasteiger partial charge in [0.05, 0.1) is 0 Å². The minimum Gasteiger partial charge on any atom is -0.166 e. The molecule has 4 nitrogen and oxygen atoms in total. The fraction of sp³-hybridized carbons (Fsp3) is 0.455. The lowest BCUT2D eigenvalue weighted by atomic mass is 9.93. The zero-order valence-corrected chi connectivity index (χ0v) is 10.3. The van der Waals surface area contributed by atoms with Gasteiger partial charge in [-0.15, -0.1) is 20.5 Å². The normalized spacial score (nSPS) is 21.5. The third-order valence-corrected chi connectivity index (χ3v) is 3.27. The van der Waals surface area contributed by atoms with Crippen molar-refractivity contribution in [2.45, 2.75) is 30.6 Å². The first-order chi connectivity index (χ1) is 9.52. The van der Waals surface area contributed by atoms with Crippen LogP contribution in [0.1, 0.15) is 16.7 Å². The van der Waals surface area contributed by atoms with E-state index in [4.69, 9.17) is 0 Å². The molecule has 10 heteroatoms. The minimum atomic E-state index is -4.80. The Bertz CT molecular complexity index is 606. The molecular weight excluding hydrogens is 302 g/mol. The molecule has 0 radical (unpaired) electrons. The second-order valence-corrected chi connectivity index (χ2v) is 4.83. The zero-order valence-electron chi connectivity index (χ0n) is 10.3. The smallest absolute Gasteiger partial charge is 0.166 e. The number of rotatable bonds is 2. The highest BCUT2D eigenvalue weighted by Gasteiger charge is 2.68. The van der Waals surface area contributed by atoms with Crippen molar-refractivity contribution in [1.82, 2.24) is 0 Å². The van der Waals surface area contributed by atoms with Gasteiger partial charge < -0.3 is 0 Å². The van der Waals surface area contributed by atoms with Crippen LogP contribution in [0.15, 0.2) is 38.7 Å². The van der Waals surface area contributed by atoms with E-state index >= 15 is 0 Å². The molecule has 21 heavy (non-hydrogen) atoms. The van der Waals surface area contributed by atoms with Crippen LogP contribution in [-0.4, -0.2) is 12.4 Å². The summed E-state index contributed by atoms with van der Waals surface area (Å²) in [6.07, 6.45) is -9.61. The van der Waals surface area contributed by atoms with Gasteiger partial charge in [0, 0.05) is 11.1 Å². The standard InChI is InChI=1S/C11H6F6N4/c1-5-2-6(8(18-19-8)10(12,13)14)4-7(3-5)9(20-21-9)11(15,16)17/h2-4H,1H3. The van der Waals surface area contributed by atoms with E-state index in [1.165, 1.54) is 6.92 Å². The van der Waals surface area contributed by atoms with Gasteiger partial charge in [0.25, 0.3) is 0 Å². The van der Waals surface area contributed by atoms with Crippen molar-refractivity contribution in [3.63, 3.8) is 0 Å². The Morgan fingerprint density at radius 1 is 0.714 bits per heavy atom. The van der Waals surface area contributed by atoms with Crippen molar-refractivity contribution in [3.05, 3.63) is 34.9 Å². The van der Waals surface area contributed by atoms with Crippen molar-refractivity contribution in [3.8, 4) is 0 Å². The number of nitrogens with zero attached hydrogens (tertiary/aromatic N) is 4. The molecule has 1 aromatic carbocycles. The molecule has 0 bridgehead atoms. The summed E-state index contributed by atoms with van der Waals surface area (Å²) in [7, 11) is 0. The number of alkyl halides is 6. The first-order valence-electron chi connectivity index (χ1n) is 5.66. The number of hydrogen-bond acceptors (Lipinski definition) is 4. The fourth-order valence-electron chi connectivity index (χ4n) is 2.07. The Balaban J connectivity index is 2.08. The molecule has 0 aromatic heterocycles. The lowest BCUT2D eigenvalue weighted by Crippen LogP contribution is -2.33. The highest BCUT2D eigenvalue weighted by atomic mass is 19.4. The summed E-state index contributed by atoms with van der Waals surface area (Å²) in [5, 5.41) is 11.9. The first kappa shape index (κ1) is 14.0. The monoisotopic (exact) mass is 308 g/mol. The van der Waals surface area contributed by atoms with Gasteiger partial charge in [-0.25, -0.2) is 0 Å². The zero-order chi connectivity index (χ0) is 15.7. The highest BCUT2D eigenvalue weighted by Crippen LogP contribution is 2.56. The van der Waals surface area contributed by atoms with Gasteiger partial charge in [-0.1, -0.05) is 17.7 Å². The molecular formula is C11H6F6N4. The molecule has 0 N–H and O–H groups in total. The fourth-order valence-corrected chi connectivity index (χ4v) is 2.07. The van der Waals surface area contributed by atoms with Gasteiger partial charge in [-0.3, -0.25) is 0 Å². The van der Waals surface area contributed by atoms with E-state index < -0.39 is 34.8 Å². The molecule has 0 aliphatic carbocycles. The molecule has 0 saturated heterocycles. The molecule has 2 aliphatic heterocycles. The van der Waals surface area contributed by atoms with Gasteiger partial charge in [0.2, 0.25) is 0 Å². The number of benzene rings is 1. The van der Waals surface area contributed by atoms with E-state index in [0.29, 0.717) is 0 Å². The minimum absolute atomic E-state index is 0.212. The van der Waals surface area contributed by atoms with Crippen molar-refractivity contribution < 1.29 is 26.3 Å². The molecule has 0 amide bonds. The number of halogens is 6. The molecule has 0 fully saturated rings. The van der Waals surface area contributed by atoms with E-state index in [1.807, 2.05) is 0 Å². The summed E-state index contributed by atoms with van der Waals surface area (Å²) < 4.78 is 77.6. The lowest BCUT2D eigenvalue weighted by molar-refractivity contribution is -0.167. The van der Waals surface area contributed by atoms with Crippen LogP contribution < -0.4 is 0 Å². The molecule has 3 rings (SSSR count). The van der Waals surface area contributed by atoms with Crippen molar-refractivity contribution in [1.29, 1.82) is 0 Å². The summed E-state index contributed by atoms with van der Waals surface area (Å²) in [5.41, 5.74) is -6.26. The van der Waals surface area contributed by atoms with Crippen LogP contribution in [0.4, 0.5) is 26.3 Å². The molecule has 2 aliphatic rings. The van der Waals surface area contributed by atoms with Gasteiger partial charge >= 0.3 is 23.7 Å². The molecule has 0 saturated carbocycles. The van der Waals surface area contributed by atoms with Crippen LogP contribution in [0.25, 0.3) is 0 Å². The van der Waals surface area contributed by atoms with Crippen molar-refractivity contribution in [2.75, 3.05) is 0 Å². The highest BCUT2D eigenvalue weighted by molar-refractivity contribution is 5.42. The maximum Gasteiger partial charge on any atom is 0.442 e. The largest absolute Gasteiger partial charge is 0.442 e. The Kier molecular flexibility index (Phi) is 2.39. The van der Waals surface area contributed by atoms with Crippen LogP contribution in [-0.2, 0) is 11.3 Å². The molecule has 0 spiro atoms. The number of hydrogen-bond donors (Lipinski definition) is 0. The average Bonchev–Trinajstić information content (AvgIpc) is 3.19. The molecule has 0 unspecified atom stereocenters. The van der Waals surface area contributed by atoms with Crippen LogP contribution in [0.2, 0.25) is 0 Å². The maximum absolute atomic E-state index is 12.9. The Morgan fingerprint density at radius 2 is 1.05 bits per heavy atom. The van der Waals surface area contributed by atoms with Gasteiger partial charge in [0.15, 0.2) is 0 Å². The van der Waals surface area contributed by atoms with E-state index in [9.17, 15) is 26.3 Å². The van der Waals surface area contributed by atoms with Crippen LogP contribution in [0, 0.1) is 6.92 Å². The SMILES string of the molecule is Cc1cc(C2(C(F)(F)F)N=N2)cc(C2(C(F)(F)F)N=N2)c1. The van der Waals surface area contributed by atoms with Crippen LogP contribution >= 0.6 is 0 Å². The summed E-state index contributed by atoms with van der Waals surface area (Å²) in [5.74, 6) is 0. The van der Waals surface area contributed by atoms with E-state index in [1.54, 1.807) is 0 Å². The second kappa shape index (κ2) is 3.60. The summed E-state index contributed by atoms with van der Waals surface area (Å²) in [6.45, 7) is 1.38. The van der Waals surface area contributed by atoms with Crippen molar-refractivity contribution >= 4 is 0 Å². The third-order valence-electron chi connectivity index (χ3n) is 3.27. The third kappa shape index (κ3) is 1.84.